The number of rotatable bonds is 4. The molecule has 1 N–H and O–H groups in total. The van der Waals surface area contributed by atoms with Crippen molar-refractivity contribution in [2.75, 3.05) is 44.3 Å². The topological polar surface area (TPSA) is 57.3 Å². The van der Waals surface area contributed by atoms with Crippen LogP contribution < -0.4 is 4.90 Å². The van der Waals surface area contributed by atoms with E-state index in [4.69, 9.17) is 9.72 Å². The summed E-state index contributed by atoms with van der Waals surface area (Å²) in [5.74, 6) is 1.67. The van der Waals surface area contributed by atoms with E-state index in [2.05, 4.69) is 56.4 Å². The molecule has 1 atom stereocenters. The SMILES string of the molecule is c1ccc2nc(N3CCOCC3)c(CN3CCCC(c4ccn[nH]4)C3)cc2c1. The Labute approximate surface area is 165 Å². The van der Waals surface area contributed by atoms with Gasteiger partial charge in [0.1, 0.15) is 5.82 Å². The lowest BCUT2D eigenvalue weighted by molar-refractivity contribution is 0.122. The van der Waals surface area contributed by atoms with Gasteiger partial charge in [0, 0.05) is 54.9 Å². The molecule has 0 spiro atoms. The van der Waals surface area contributed by atoms with Crippen molar-refractivity contribution in [1.29, 1.82) is 0 Å². The first-order valence-electron chi connectivity index (χ1n) is 10.3. The van der Waals surface area contributed by atoms with E-state index in [1.807, 2.05) is 6.20 Å². The summed E-state index contributed by atoms with van der Waals surface area (Å²) >= 11 is 0. The molecule has 0 aliphatic carbocycles. The fourth-order valence-corrected chi connectivity index (χ4v) is 4.50. The normalized spacial score (nSPS) is 21.3. The van der Waals surface area contributed by atoms with Gasteiger partial charge in [-0.05, 0) is 37.6 Å². The Morgan fingerprint density at radius 1 is 1.11 bits per heavy atom. The summed E-state index contributed by atoms with van der Waals surface area (Å²) in [6.45, 7) is 6.52. The van der Waals surface area contributed by atoms with E-state index in [0.29, 0.717) is 5.92 Å². The maximum Gasteiger partial charge on any atom is 0.133 e. The molecule has 0 radical (unpaired) electrons. The Balaban J connectivity index is 1.43. The maximum absolute atomic E-state index is 5.56. The molecule has 0 bridgehead atoms. The number of pyridine rings is 1. The number of H-pyrrole nitrogens is 1. The van der Waals surface area contributed by atoms with Crippen LogP contribution in [0.2, 0.25) is 0 Å². The van der Waals surface area contributed by atoms with Gasteiger partial charge < -0.3 is 9.64 Å². The molecule has 146 valence electrons. The largest absolute Gasteiger partial charge is 0.378 e. The molecule has 2 aliphatic heterocycles. The van der Waals surface area contributed by atoms with Gasteiger partial charge in [0.25, 0.3) is 0 Å². The molecule has 0 saturated carbocycles. The highest BCUT2D eigenvalue weighted by Crippen LogP contribution is 2.30. The van der Waals surface area contributed by atoms with E-state index in [1.54, 1.807) is 0 Å². The molecule has 6 heteroatoms. The summed E-state index contributed by atoms with van der Waals surface area (Å²) in [4.78, 5) is 10.0. The van der Waals surface area contributed by atoms with Gasteiger partial charge in [-0.3, -0.25) is 10.00 Å². The van der Waals surface area contributed by atoms with Crippen molar-refractivity contribution in [3.63, 3.8) is 0 Å². The summed E-state index contributed by atoms with van der Waals surface area (Å²) in [5.41, 5.74) is 3.65. The van der Waals surface area contributed by atoms with Gasteiger partial charge in [0.05, 0.1) is 18.7 Å². The number of nitrogens with one attached hydrogen (secondary N) is 1. The van der Waals surface area contributed by atoms with Gasteiger partial charge >= 0.3 is 0 Å². The highest BCUT2D eigenvalue weighted by molar-refractivity contribution is 5.81. The van der Waals surface area contributed by atoms with Crippen molar-refractivity contribution >= 4 is 16.7 Å². The average Bonchev–Trinajstić information content (AvgIpc) is 3.29. The quantitative estimate of drug-likeness (QED) is 0.757. The maximum atomic E-state index is 5.56. The second-order valence-corrected chi connectivity index (χ2v) is 7.85. The third kappa shape index (κ3) is 3.62. The number of morpholine rings is 1. The molecule has 5 rings (SSSR count). The number of piperidine rings is 1. The van der Waals surface area contributed by atoms with Gasteiger partial charge in [-0.25, -0.2) is 4.98 Å². The summed E-state index contributed by atoms with van der Waals surface area (Å²) in [5, 5.41) is 8.53. The van der Waals surface area contributed by atoms with Crippen LogP contribution in [0.3, 0.4) is 0 Å². The number of aromatic amines is 1. The van der Waals surface area contributed by atoms with Crippen molar-refractivity contribution in [3.8, 4) is 0 Å². The van der Waals surface area contributed by atoms with Crippen LogP contribution in [0.4, 0.5) is 5.82 Å². The summed E-state index contributed by atoms with van der Waals surface area (Å²) in [6, 6.07) is 12.9. The Morgan fingerprint density at radius 2 is 2.00 bits per heavy atom. The van der Waals surface area contributed by atoms with Gasteiger partial charge in [-0.15, -0.1) is 0 Å². The van der Waals surface area contributed by atoms with Gasteiger partial charge in [0.2, 0.25) is 0 Å². The van der Waals surface area contributed by atoms with Gasteiger partial charge in [0.15, 0.2) is 0 Å². The number of hydrogen-bond acceptors (Lipinski definition) is 5. The number of hydrogen-bond donors (Lipinski definition) is 1. The van der Waals surface area contributed by atoms with Gasteiger partial charge in [-0.1, -0.05) is 18.2 Å². The Bertz CT molecular complexity index is 920. The molecule has 4 heterocycles. The van der Waals surface area contributed by atoms with Gasteiger partial charge in [-0.2, -0.15) is 5.10 Å². The first-order valence-corrected chi connectivity index (χ1v) is 10.3. The lowest BCUT2D eigenvalue weighted by Gasteiger charge is -2.34. The number of likely N-dealkylation sites (tertiary alicyclic amines) is 1. The molecule has 3 aromatic rings. The summed E-state index contributed by atoms with van der Waals surface area (Å²) < 4.78 is 5.56. The van der Waals surface area contributed by atoms with Crippen molar-refractivity contribution < 1.29 is 4.74 Å². The lowest BCUT2D eigenvalue weighted by atomic mass is 9.94. The van der Waals surface area contributed by atoms with E-state index in [1.165, 1.54) is 29.5 Å². The zero-order valence-electron chi connectivity index (χ0n) is 16.2. The highest BCUT2D eigenvalue weighted by atomic mass is 16.5. The molecule has 2 aromatic heterocycles. The Morgan fingerprint density at radius 3 is 2.86 bits per heavy atom. The monoisotopic (exact) mass is 377 g/mol. The second-order valence-electron chi connectivity index (χ2n) is 7.85. The molecule has 2 aliphatic rings. The third-order valence-corrected chi connectivity index (χ3v) is 5.95. The molecule has 28 heavy (non-hydrogen) atoms. The number of aromatic nitrogens is 3. The van der Waals surface area contributed by atoms with E-state index in [9.17, 15) is 0 Å². The second kappa shape index (κ2) is 7.89. The standard InChI is InChI=1S/C22H27N5O/c1-2-6-20-17(4-1)14-19(22(24-20)27-10-12-28-13-11-27)16-26-9-3-5-18(15-26)21-7-8-23-25-21/h1-2,4,6-8,14,18H,3,5,9-13,15-16H2,(H,23,25). The molecule has 1 unspecified atom stereocenters. The average molecular weight is 377 g/mol. The molecule has 2 saturated heterocycles. The zero-order valence-corrected chi connectivity index (χ0v) is 16.2. The minimum Gasteiger partial charge on any atom is -0.378 e. The predicted octanol–water partition coefficient (Wildman–Crippen LogP) is 3.17. The first-order chi connectivity index (χ1) is 13.9. The highest BCUT2D eigenvalue weighted by Gasteiger charge is 2.24. The third-order valence-electron chi connectivity index (χ3n) is 5.95. The van der Waals surface area contributed by atoms with Crippen LogP contribution in [0.25, 0.3) is 10.9 Å². The van der Waals surface area contributed by atoms with E-state index < -0.39 is 0 Å². The van der Waals surface area contributed by atoms with Crippen LogP contribution in [0.5, 0.6) is 0 Å². The molecular formula is C22H27N5O. The molecule has 0 amide bonds. The molecule has 1 aromatic carbocycles. The first kappa shape index (κ1) is 17.6. The fourth-order valence-electron chi connectivity index (χ4n) is 4.50. The zero-order chi connectivity index (χ0) is 18.8. The van der Waals surface area contributed by atoms with Crippen molar-refractivity contribution in [2.24, 2.45) is 0 Å². The fraction of sp³-hybridized carbons (Fsp3) is 0.455. The van der Waals surface area contributed by atoms with Crippen LogP contribution >= 0.6 is 0 Å². The van der Waals surface area contributed by atoms with Crippen LogP contribution in [0.1, 0.15) is 30.0 Å². The minimum absolute atomic E-state index is 0.538. The predicted molar refractivity (Wildman–Crippen MR) is 111 cm³/mol. The molecule has 6 nitrogen and oxygen atoms in total. The number of benzene rings is 1. The van der Waals surface area contributed by atoms with Crippen molar-refractivity contribution in [3.05, 3.63) is 53.9 Å². The van der Waals surface area contributed by atoms with E-state index in [0.717, 1.165) is 57.3 Å². The van der Waals surface area contributed by atoms with E-state index >= 15 is 0 Å². The number of nitrogens with zero attached hydrogens (tertiary/aromatic N) is 4. The van der Waals surface area contributed by atoms with Crippen molar-refractivity contribution in [2.45, 2.75) is 25.3 Å². The van der Waals surface area contributed by atoms with Crippen molar-refractivity contribution in [1.82, 2.24) is 20.1 Å². The Kier molecular flexibility index (Phi) is 4.97. The van der Waals surface area contributed by atoms with Crippen LogP contribution in [0.15, 0.2) is 42.6 Å². The summed E-state index contributed by atoms with van der Waals surface area (Å²) in [7, 11) is 0. The van der Waals surface area contributed by atoms with Crippen LogP contribution in [-0.4, -0.2) is 59.5 Å². The minimum atomic E-state index is 0.538. The molecule has 2 fully saturated rings. The van der Waals surface area contributed by atoms with Crippen LogP contribution in [-0.2, 0) is 11.3 Å². The summed E-state index contributed by atoms with van der Waals surface area (Å²) in [6.07, 6.45) is 4.31. The lowest BCUT2D eigenvalue weighted by Crippen LogP contribution is -2.39. The smallest absolute Gasteiger partial charge is 0.133 e. The number of fused-ring (bicyclic) bond motifs is 1. The van der Waals surface area contributed by atoms with E-state index in [-0.39, 0.29) is 0 Å². The number of anilines is 1. The number of para-hydroxylation sites is 1. The van der Waals surface area contributed by atoms with Crippen LogP contribution in [0, 0.1) is 0 Å². The molecular weight excluding hydrogens is 350 g/mol. The Hall–Kier alpha value is -2.44. The number of ether oxygens (including phenoxy) is 1.